The van der Waals surface area contributed by atoms with E-state index in [1.807, 2.05) is 0 Å². The van der Waals surface area contributed by atoms with Crippen LogP contribution in [0.1, 0.15) is 32.1 Å². The number of carbonyl (C=O) groups excluding carboxylic acids is 1. The van der Waals surface area contributed by atoms with E-state index in [-0.39, 0.29) is 24.4 Å². The molecule has 0 spiro atoms. The maximum Gasteiger partial charge on any atom is 0.220 e. The summed E-state index contributed by atoms with van der Waals surface area (Å²) in [6.07, 6.45) is 4.35. The Morgan fingerprint density at radius 2 is 2.13 bits per heavy atom. The van der Waals surface area contributed by atoms with Gasteiger partial charge in [0.1, 0.15) is 10.8 Å². The number of ether oxygens (including phenoxy) is 1. The third kappa shape index (κ3) is 6.03. The minimum absolute atomic E-state index is 0. The molecule has 0 aromatic heterocycles. The first-order valence-electron chi connectivity index (χ1n) is 7.68. The van der Waals surface area contributed by atoms with Crippen LogP contribution in [0.15, 0.2) is 18.2 Å². The van der Waals surface area contributed by atoms with Crippen LogP contribution in [0.3, 0.4) is 0 Å². The highest BCUT2D eigenvalue weighted by atomic mass is 35.5. The maximum absolute atomic E-state index is 11.9. The first kappa shape index (κ1) is 20.4. The second-order valence-corrected chi connectivity index (χ2v) is 6.39. The van der Waals surface area contributed by atoms with E-state index < -0.39 is 0 Å². The molecule has 130 valence electrons. The van der Waals surface area contributed by atoms with Crippen LogP contribution in [-0.4, -0.2) is 25.1 Å². The van der Waals surface area contributed by atoms with Crippen LogP contribution in [0.25, 0.3) is 0 Å². The fourth-order valence-corrected chi connectivity index (χ4v) is 3.14. The van der Waals surface area contributed by atoms with E-state index in [1.165, 1.54) is 0 Å². The average Bonchev–Trinajstić information content (AvgIpc) is 2.94. The first-order chi connectivity index (χ1) is 10.6. The number of amides is 1. The van der Waals surface area contributed by atoms with Gasteiger partial charge < -0.3 is 15.8 Å². The summed E-state index contributed by atoms with van der Waals surface area (Å²) in [6.45, 7) is 1.07. The Bertz CT molecular complexity index is 514. The predicted octanol–water partition coefficient (Wildman–Crippen LogP) is 3.82. The van der Waals surface area contributed by atoms with E-state index in [2.05, 4.69) is 5.32 Å². The summed E-state index contributed by atoms with van der Waals surface area (Å²) < 4.78 is 5.56. The van der Waals surface area contributed by atoms with E-state index in [0.29, 0.717) is 47.7 Å². The third-order valence-electron chi connectivity index (χ3n) is 4.03. The van der Waals surface area contributed by atoms with Crippen molar-refractivity contribution in [1.82, 2.24) is 5.32 Å². The summed E-state index contributed by atoms with van der Waals surface area (Å²) >= 11 is 11.9. The Hall–Kier alpha value is -0.680. The lowest BCUT2D eigenvalue weighted by Gasteiger charge is -2.19. The third-order valence-corrected chi connectivity index (χ3v) is 4.83. The standard InChI is InChI=1S/C16H22Cl2N2O2.ClH/c17-12-5-2-7-14(16(12)18)22-9-3-8-15(21)20-13-6-1-4-11(13)10-19;/h2,5,7,11,13H,1,3-4,6,8-10,19H2,(H,20,21);1H. The number of hydrogen-bond acceptors (Lipinski definition) is 3. The van der Waals surface area contributed by atoms with Gasteiger partial charge in [0.05, 0.1) is 11.6 Å². The molecule has 0 aliphatic heterocycles. The topological polar surface area (TPSA) is 64.3 Å². The van der Waals surface area contributed by atoms with Gasteiger partial charge in [-0.2, -0.15) is 0 Å². The van der Waals surface area contributed by atoms with E-state index in [0.717, 1.165) is 19.3 Å². The van der Waals surface area contributed by atoms with E-state index >= 15 is 0 Å². The molecule has 3 N–H and O–H groups in total. The van der Waals surface area contributed by atoms with Gasteiger partial charge >= 0.3 is 0 Å². The summed E-state index contributed by atoms with van der Waals surface area (Å²) in [5, 5.41) is 3.95. The van der Waals surface area contributed by atoms with Gasteiger partial charge in [-0.3, -0.25) is 4.79 Å². The Kier molecular flexibility index (Phi) is 9.07. The zero-order valence-electron chi connectivity index (χ0n) is 12.9. The predicted molar refractivity (Wildman–Crippen MR) is 96.8 cm³/mol. The van der Waals surface area contributed by atoms with Gasteiger partial charge in [0, 0.05) is 12.5 Å². The minimum Gasteiger partial charge on any atom is -0.492 e. The van der Waals surface area contributed by atoms with Gasteiger partial charge in [-0.25, -0.2) is 0 Å². The number of benzene rings is 1. The Balaban J connectivity index is 0.00000264. The van der Waals surface area contributed by atoms with Gasteiger partial charge in [-0.15, -0.1) is 12.4 Å². The van der Waals surface area contributed by atoms with Crippen molar-refractivity contribution in [3.63, 3.8) is 0 Å². The van der Waals surface area contributed by atoms with Crippen molar-refractivity contribution in [1.29, 1.82) is 0 Å². The number of hydrogen-bond donors (Lipinski definition) is 2. The summed E-state index contributed by atoms with van der Waals surface area (Å²) in [6, 6.07) is 5.49. The van der Waals surface area contributed by atoms with Gasteiger partial charge in [0.2, 0.25) is 5.91 Å². The first-order valence-corrected chi connectivity index (χ1v) is 8.43. The molecule has 2 atom stereocenters. The maximum atomic E-state index is 11.9. The molecule has 1 aromatic carbocycles. The molecule has 2 unspecified atom stereocenters. The number of nitrogens with two attached hydrogens (primary N) is 1. The van der Waals surface area contributed by atoms with Crippen molar-refractivity contribution in [3.05, 3.63) is 28.2 Å². The highest BCUT2D eigenvalue weighted by Gasteiger charge is 2.26. The van der Waals surface area contributed by atoms with Crippen LogP contribution in [0.5, 0.6) is 5.75 Å². The second-order valence-electron chi connectivity index (χ2n) is 5.60. The molecule has 2 rings (SSSR count). The van der Waals surface area contributed by atoms with Crippen molar-refractivity contribution in [2.75, 3.05) is 13.2 Å². The van der Waals surface area contributed by atoms with Gasteiger partial charge in [-0.1, -0.05) is 35.7 Å². The summed E-state index contributed by atoms with van der Waals surface area (Å²) in [4.78, 5) is 11.9. The van der Waals surface area contributed by atoms with E-state index in [4.69, 9.17) is 33.7 Å². The van der Waals surface area contributed by atoms with Crippen molar-refractivity contribution in [3.8, 4) is 5.75 Å². The van der Waals surface area contributed by atoms with Crippen molar-refractivity contribution in [2.45, 2.75) is 38.1 Å². The highest BCUT2D eigenvalue weighted by molar-refractivity contribution is 6.42. The molecule has 1 saturated carbocycles. The lowest BCUT2D eigenvalue weighted by molar-refractivity contribution is -0.122. The molecule has 1 aliphatic rings. The largest absolute Gasteiger partial charge is 0.492 e. The summed E-state index contributed by atoms with van der Waals surface area (Å²) in [5.41, 5.74) is 5.72. The molecular weight excluding hydrogens is 359 g/mol. The molecule has 1 amide bonds. The Morgan fingerprint density at radius 1 is 1.35 bits per heavy atom. The summed E-state index contributed by atoms with van der Waals surface area (Å²) in [7, 11) is 0. The average molecular weight is 382 g/mol. The number of halogens is 3. The molecule has 1 aromatic rings. The van der Waals surface area contributed by atoms with Crippen molar-refractivity contribution >= 4 is 41.5 Å². The fraction of sp³-hybridized carbons (Fsp3) is 0.562. The molecule has 7 heteroatoms. The molecule has 1 aliphatic carbocycles. The molecule has 0 heterocycles. The van der Waals surface area contributed by atoms with Crippen LogP contribution in [-0.2, 0) is 4.79 Å². The van der Waals surface area contributed by atoms with Gasteiger partial charge in [-0.05, 0) is 43.9 Å². The second kappa shape index (κ2) is 10.2. The normalized spacial score (nSPS) is 20.0. The Morgan fingerprint density at radius 3 is 2.87 bits per heavy atom. The van der Waals surface area contributed by atoms with Crippen LogP contribution in [0, 0.1) is 5.92 Å². The van der Waals surface area contributed by atoms with Gasteiger partial charge in [0.15, 0.2) is 0 Å². The van der Waals surface area contributed by atoms with Crippen LogP contribution >= 0.6 is 35.6 Å². The zero-order valence-corrected chi connectivity index (χ0v) is 15.2. The highest BCUT2D eigenvalue weighted by Crippen LogP contribution is 2.31. The van der Waals surface area contributed by atoms with Crippen LogP contribution in [0.2, 0.25) is 10.0 Å². The minimum atomic E-state index is 0. The quantitative estimate of drug-likeness (QED) is 0.706. The molecule has 1 fully saturated rings. The smallest absolute Gasteiger partial charge is 0.220 e. The lowest BCUT2D eigenvalue weighted by atomic mass is 10.0. The molecular formula is C16H23Cl3N2O2. The molecule has 0 radical (unpaired) electrons. The molecule has 23 heavy (non-hydrogen) atoms. The van der Waals surface area contributed by atoms with Crippen molar-refractivity contribution in [2.24, 2.45) is 11.7 Å². The zero-order chi connectivity index (χ0) is 15.9. The SMILES string of the molecule is Cl.NCC1CCCC1NC(=O)CCCOc1cccc(Cl)c1Cl. The van der Waals surface area contributed by atoms with Crippen LogP contribution < -0.4 is 15.8 Å². The monoisotopic (exact) mass is 380 g/mol. The van der Waals surface area contributed by atoms with Crippen molar-refractivity contribution < 1.29 is 9.53 Å². The molecule has 0 bridgehead atoms. The Labute approximate surface area is 153 Å². The molecule has 4 nitrogen and oxygen atoms in total. The summed E-state index contributed by atoms with van der Waals surface area (Å²) in [5.74, 6) is 1.03. The van der Waals surface area contributed by atoms with Crippen LogP contribution in [0.4, 0.5) is 0 Å². The van der Waals surface area contributed by atoms with E-state index in [9.17, 15) is 4.79 Å². The lowest BCUT2D eigenvalue weighted by Crippen LogP contribution is -2.39. The molecule has 0 saturated heterocycles. The van der Waals surface area contributed by atoms with E-state index in [1.54, 1.807) is 18.2 Å². The number of rotatable bonds is 7. The van der Waals surface area contributed by atoms with Gasteiger partial charge in [0.25, 0.3) is 0 Å². The number of carbonyl (C=O) groups is 1. The number of nitrogens with one attached hydrogen (secondary N) is 1. The fourth-order valence-electron chi connectivity index (χ4n) is 2.80.